The minimum absolute atomic E-state index is 0.135. The Hall–Kier alpha value is -2.37. The van der Waals surface area contributed by atoms with E-state index in [1.807, 2.05) is 6.07 Å². The lowest BCUT2D eigenvalue weighted by molar-refractivity contribution is -0.139. The lowest BCUT2D eigenvalue weighted by Crippen LogP contribution is -2.46. The van der Waals surface area contributed by atoms with Gasteiger partial charge in [-0.1, -0.05) is 61.7 Å². The van der Waals surface area contributed by atoms with Crippen molar-refractivity contribution in [2.45, 2.75) is 50.6 Å². The number of likely N-dealkylation sites (tertiary alicyclic amines) is 1. The van der Waals surface area contributed by atoms with Gasteiger partial charge in [0.1, 0.15) is 12.4 Å². The predicted octanol–water partition coefficient (Wildman–Crippen LogP) is 4.72. The van der Waals surface area contributed by atoms with E-state index in [2.05, 4.69) is 58.3 Å². The fourth-order valence-corrected chi connectivity index (χ4v) is 5.67. The predicted molar refractivity (Wildman–Crippen MR) is 131 cm³/mol. The van der Waals surface area contributed by atoms with E-state index in [1.54, 1.807) is 14.2 Å². The van der Waals surface area contributed by atoms with Crippen LogP contribution in [0.1, 0.15) is 49.1 Å². The van der Waals surface area contributed by atoms with Crippen LogP contribution in [0.25, 0.3) is 0 Å². The van der Waals surface area contributed by atoms with Crippen molar-refractivity contribution in [3.8, 4) is 5.75 Å². The quantitative estimate of drug-likeness (QED) is 0.554. The SMILES string of the molecule is COCC(=O)N(CC1CN(Cc2ccccc2)CC1c1cccc(OC)c1)C1CCCCC1. The maximum atomic E-state index is 13.1. The van der Waals surface area contributed by atoms with Crippen molar-refractivity contribution in [3.63, 3.8) is 0 Å². The summed E-state index contributed by atoms with van der Waals surface area (Å²) in [6.45, 7) is 3.87. The van der Waals surface area contributed by atoms with Gasteiger partial charge in [-0.3, -0.25) is 9.69 Å². The van der Waals surface area contributed by atoms with Crippen LogP contribution < -0.4 is 4.74 Å². The van der Waals surface area contributed by atoms with Gasteiger partial charge in [-0.15, -0.1) is 0 Å². The summed E-state index contributed by atoms with van der Waals surface area (Å²) < 4.78 is 10.8. The molecule has 4 rings (SSSR count). The van der Waals surface area contributed by atoms with Crippen molar-refractivity contribution in [2.75, 3.05) is 40.5 Å². The van der Waals surface area contributed by atoms with Gasteiger partial charge in [0.05, 0.1) is 7.11 Å². The van der Waals surface area contributed by atoms with Crippen LogP contribution in [0.4, 0.5) is 0 Å². The maximum Gasteiger partial charge on any atom is 0.248 e. The molecule has 2 aromatic rings. The van der Waals surface area contributed by atoms with Gasteiger partial charge < -0.3 is 14.4 Å². The normalized spacial score (nSPS) is 21.8. The van der Waals surface area contributed by atoms with Crippen molar-refractivity contribution < 1.29 is 14.3 Å². The number of benzene rings is 2. The summed E-state index contributed by atoms with van der Waals surface area (Å²) in [5, 5.41) is 0. The fourth-order valence-electron chi connectivity index (χ4n) is 5.67. The van der Waals surface area contributed by atoms with Crippen molar-refractivity contribution in [3.05, 3.63) is 65.7 Å². The second kappa shape index (κ2) is 11.7. The van der Waals surface area contributed by atoms with Gasteiger partial charge >= 0.3 is 0 Å². The zero-order valence-corrected chi connectivity index (χ0v) is 20.1. The summed E-state index contributed by atoms with van der Waals surface area (Å²) in [6, 6.07) is 19.5. The fraction of sp³-hybridized carbons (Fsp3) is 0.536. The van der Waals surface area contributed by atoms with Crippen molar-refractivity contribution in [1.82, 2.24) is 9.80 Å². The highest BCUT2D eigenvalue weighted by Gasteiger charge is 2.37. The summed E-state index contributed by atoms with van der Waals surface area (Å²) in [5.74, 6) is 1.77. The van der Waals surface area contributed by atoms with E-state index < -0.39 is 0 Å². The number of carbonyl (C=O) groups is 1. The Morgan fingerprint density at radius 1 is 1.00 bits per heavy atom. The Kier molecular flexibility index (Phi) is 8.40. The number of nitrogens with zero attached hydrogens (tertiary/aromatic N) is 2. The van der Waals surface area contributed by atoms with E-state index in [-0.39, 0.29) is 12.5 Å². The van der Waals surface area contributed by atoms with Gasteiger partial charge in [0.15, 0.2) is 0 Å². The van der Waals surface area contributed by atoms with E-state index in [9.17, 15) is 4.79 Å². The molecule has 33 heavy (non-hydrogen) atoms. The molecule has 2 unspecified atom stereocenters. The Labute approximate surface area is 198 Å². The van der Waals surface area contributed by atoms with Gasteiger partial charge in [0, 0.05) is 45.2 Å². The smallest absolute Gasteiger partial charge is 0.248 e. The van der Waals surface area contributed by atoms with E-state index in [4.69, 9.17) is 9.47 Å². The maximum absolute atomic E-state index is 13.1. The van der Waals surface area contributed by atoms with Crippen LogP contribution in [0.3, 0.4) is 0 Å². The zero-order valence-electron chi connectivity index (χ0n) is 20.1. The third kappa shape index (κ3) is 6.15. The number of hydrogen-bond donors (Lipinski definition) is 0. The standard InChI is InChI=1S/C28H38N2O3/c1-32-21-28(31)30(25-13-7-4-8-14-25)19-24-18-29(17-22-10-5-3-6-11-22)20-27(24)23-12-9-15-26(16-23)33-2/h3,5-6,9-12,15-16,24-25,27H,4,7-8,13-14,17-21H2,1-2H3. The van der Waals surface area contributed by atoms with Crippen molar-refractivity contribution in [2.24, 2.45) is 5.92 Å². The number of carbonyl (C=O) groups excluding carboxylic acids is 1. The summed E-state index contributed by atoms with van der Waals surface area (Å²) in [7, 11) is 3.34. The van der Waals surface area contributed by atoms with E-state index in [0.29, 0.717) is 17.9 Å². The second-order valence-corrected chi connectivity index (χ2v) is 9.59. The molecule has 0 bridgehead atoms. The monoisotopic (exact) mass is 450 g/mol. The van der Waals surface area contributed by atoms with Crippen molar-refractivity contribution >= 4 is 5.91 Å². The number of hydrogen-bond acceptors (Lipinski definition) is 4. The van der Waals surface area contributed by atoms with Gasteiger partial charge in [0.25, 0.3) is 0 Å². The summed E-state index contributed by atoms with van der Waals surface area (Å²) in [6.07, 6.45) is 5.93. The number of amides is 1. The molecule has 178 valence electrons. The molecular formula is C28H38N2O3. The zero-order chi connectivity index (χ0) is 23.0. The highest BCUT2D eigenvalue weighted by Crippen LogP contribution is 2.36. The Balaban J connectivity index is 1.57. The van der Waals surface area contributed by atoms with Crippen LogP contribution in [0.15, 0.2) is 54.6 Å². The minimum Gasteiger partial charge on any atom is -0.497 e. The first kappa shape index (κ1) is 23.8. The molecule has 2 aliphatic rings. The van der Waals surface area contributed by atoms with Crippen LogP contribution in [0, 0.1) is 5.92 Å². The molecule has 2 atom stereocenters. The average Bonchev–Trinajstić information content (AvgIpc) is 3.26. The summed E-state index contributed by atoms with van der Waals surface area (Å²) in [5.41, 5.74) is 2.64. The van der Waals surface area contributed by atoms with Crippen LogP contribution in [-0.2, 0) is 16.1 Å². The molecule has 1 amide bonds. The van der Waals surface area contributed by atoms with Crippen LogP contribution >= 0.6 is 0 Å². The highest BCUT2D eigenvalue weighted by atomic mass is 16.5. The highest BCUT2D eigenvalue weighted by molar-refractivity contribution is 5.77. The van der Waals surface area contributed by atoms with Crippen LogP contribution in [-0.4, -0.2) is 62.2 Å². The van der Waals surface area contributed by atoms with Gasteiger partial charge in [-0.2, -0.15) is 0 Å². The molecule has 0 aromatic heterocycles. The Bertz CT molecular complexity index is 882. The molecule has 1 aliphatic carbocycles. The molecule has 1 heterocycles. The van der Waals surface area contributed by atoms with Gasteiger partial charge in [-0.05, 0) is 42.0 Å². The molecule has 5 heteroatoms. The number of methoxy groups -OCH3 is 2. The largest absolute Gasteiger partial charge is 0.497 e. The van der Waals surface area contributed by atoms with Gasteiger partial charge in [-0.25, -0.2) is 0 Å². The Morgan fingerprint density at radius 2 is 1.79 bits per heavy atom. The second-order valence-electron chi connectivity index (χ2n) is 9.59. The molecule has 5 nitrogen and oxygen atoms in total. The van der Waals surface area contributed by atoms with E-state index >= 15 is 0 Å². The first-order chi connectivity index (χ1) is 16.2. The number of ether oxygens (including phenoxy) is 2. The number of rotatable bonds is 9. The summed E-state index contributed by atoms with van der Waals surface area (Å²) >= 11 is 0. The van der Waals surface area contributed by atoms with E-state index in [0.717, 1.165) is 44.8 Å². The lowest BCUT2D eigenvalue weighted by Gasteiger charge is -2.37. The average molecular weight is 451 g/mol. The molecule has 2 fully saturated rings. The topological polar surface area (TPSA) is 42.0 Å². The third-order valence-electron chi connectivity index (χ3n) is 7.32. The first-order valence-electron chi connectivity index (χ1n) is 12.4. The van der Waals surface area contributed by atoms with E-state index in [1.165, 1.54) is 30.4 Å². The van der Waals surface area contributed by atoms with Crippen LogP contribution in [0.5, 0.6) is 5.75 Å². The lowest BCUT2D eigenvalue weighted by atomic mass is 9.87. The molecular weight excluding hydrogens is 412 g/mol. The first-order valence-corrected chi connectivity index (χ1v) is 12.4. The molecule has 0 N–H and O–H groups in total. The van der Waals surface area contributed by atoms with Crippen molar-refractivity contribution in [1.29, 1.82) is 0 Å². The molecule has 1 saturated heterocycles. The van der Waals surface area contributed by atoms with Crippen LogP contribution in [0.2, 0.25) is 0 Å². The molecule has 1 aliphatic heterocycles. The van der Waals surface area contributed by atoms with Gasteiger partial charge in [0.2, 0.25) is 5.91 Å². The minimum atomic E-state index is 0.135. The molecule has 2 aromatic carbocycles. The third-order valence-corrected chi connectivity index (χ3v) is 7.32. The molecule has 0 spiro atoms. The summed E-state index contributed by atoms with van der Waals surface area (Å²) in [4.78, 5) is 17.8. The molecule has 0 radical (unpaired) electrons. The molecule has 1 saturated carbocycles. The Morgan fingerprint density at radius 3 is 2.52 bits per heavy atom.